The first-order valence-corrected chi connectivity index (χ1v) is 8.87. The van der Waals surface area contributed by atoms with E-state index in [4.69, 9.17) is 5.26 Å². The lowest BCUT2D eigenvalue weighted by Crippen LogP contribution is -2.36. The number of nitrogens with zero attached hydrogens (tertiary/aromatic N) is 2. The number of sulfonamides is 1. The molecular weight excluding hydrogens is 410 g/mol. The van der Waals surface area contributed by atoms with E-state index in [1.165, 1.54) is 11.0 Å². The molecule has 0 aromatic heterocycles. The summed E-state index contributed by atoms with van der Waals surface area (Å²) in [7, 11) is -3.64. The van der Waals surface area contributed by atoms with Gasteiger partial charge in [0.15, 0.2) is 6.19 Å². The summed E-state index contributed by atoms with van der Waals surface area (Å²) in [6.07, 6.45) is 2.52. The SMILES string of the molecule is [CH2][C@@H]1C[C@@H](NS(=O)(=O)c2cc(Br)ccc2Br)CN1C#N. The number of benzene rings is 1. The highest BCUT2D eigenvalue weighted by molar-refractivity contribution is 9.11. The molecule has 0 aliphatic carbocycles. The second kappa shape index (κ2) is 6.02. The van der Waals surface area contributed by atoms with Crippen LogP contribution in [0.5, 0.6) is 0 Å². The monoisotopic (exact) mass is 420 g/mol. The molecule has 8 heteroatoms. The van der Waals surface area contributed by atoms with Crippen LogP contribution in [-0.2, 0) is 10.0 Å². The zero-order chi connectivity index (χ0) is 14.9. The summed E-state index contributed by atoms with van der Waals surface area (Å²) < 4.78 is 28.6. The highest BCUT2D eigenvalue weighted by atomic mass is 79.9. The molecule has 1 fully saturated rings. The van der Waals surface area contributed by atoms with Crippen molar-refractivity contribution in [3.8, 4) is 6.19 Å². The van der Waals surface area contributed by atoms with Gasteiger partial charge < -0.3 is 4.90 Å². The predicted octanol–water partition coefficient (Wildman–Crippen LogP) is 2.25. The Kier molecular flexibility index (Phi) is 4.74. The van der Waals surface area contributed by atoms with Crippen LogP contribution in [0.1, 0.15) is 6.42 Å². The van der Waals surface area contributed by atoms with E-state index < -0.39 is 10.0 Å². The summed E-state index contributed by atoms with van der Waals surface area (Å²) in [5.41, 5.74) is 0. The summed E-state index contributed by atoms with van der Waals surface area (Å²) in [5, 5.41) is 8.90. The maximum Gasteiger partial charge on any atom is 0.242 e. The van der Waals surface area contributed by atoms with Crippen molar-refractivity contribution in [1.29, 1.82) is 5.26 Å². The van der Waals surface area contributed by atoms with Crippen LogP contribution in [0.2, 0.25) is 0 Å². The van der Waals surface area contributed by atoms with Gasteiger partial charge in [-0.1, -0.05) is 15.9 Å². The van der Waals surface area contributed by atoms with Gasteiger partial charge >= 0.3 is 0 Å². The summed E-state index contributed by atoms with van der Waals surface area (Å²) in [4.78, 5) is 1.64. The molecule has 5 nitrogen and oxygen atoms in total. The fourth-order valence-electron chi connectivity index (χ4n) is 2.09. The number of likely N-dealkylation sites (tertiary alicyclic amines) is 1. The Balaban J connectivity index is 2.21. The molecule has 1 heterocycles. The molecule has 2 atom stereocenters. The molecule has 1 aliphatic rings. The van der Waals surface area contributed by atoms with Crippen molar-refractivity contribution in [2.75, 3.05) is 6.54 Å². The van der Waals surface area contributed by atoms with Crippen molar-refractivity contribution < 1.29 is 8.42 Å². The fraction of sp³-hybridized carbons (Fsp3) is 0.333. The molecule has 20 heavy (non-hydrogen) atoms. The summed E-state index contributed by atoms with van der Waals surface area (Å²) in [6, 6.07) is 4.44. The zero-order valence-electron chi connectivity index (χ0n) is 10.4. The number of hydrogen-bond acceptors (Lipinski definition) is 4. The lowest BCUT2D eigenvalue weighted by molar-refractivity contribution is 0.412. The smallest absolute Gasteiger partial charge is 0.242 e. The van der Waals surface area contributed by atoms with E-state index in [0.717, 1.165) is 0 Å². The number of nitriles is 1. The number of rotatable bonds is 3. The minimum atomic E-state index is -3.64. The van der Waals surface area contributed by atoms with Crippen molar-refractivity contribution in [2.24, 2.45) is 0 Å². The normalized spacial score (nSPS) is 22.8. The second-order valence-electron chi connectivity index (χ2n) is 4.53. The van der Waals surface area contributed by atoms with Crippen LogP contribution in [0.4, 0.5) is 0 Å². The summed E-state index contributed by atoms with van der Waals surface area (Å²) in [6.45, 7) is 4.17. The van der Waals surface area contributed by atoms with Crippen molar-refractivity contribution >= 4 is 41.9 Å². The summed E-state index contributed by atoms with van der Waals surface area (Å²) in [5.74, 6) is 0. The van der Waals surface area contributed by atoms with E-state index in [-0.39, 0.29) is 17.0 Å². The van der Waals surface area contributed by atoms with E-state index in [1.807, 2.05) is 6.19 Å². The molecule has 0 amide bonds. The van der Waals surface area contributed by atoms with Gasteiger partial charge in [0.2, 0.25) is 10.0 Å². The topological polar surface area (TPSA) is 73.2 Å². The van der Waals surface area contributed by atoms with Crippen LogP contribution >= 0.6 is 31.9 Å². The highest BCUT2D eigenvalue weighted by Gasteiger charge is 2.32. The van der Waals surface area contributed by atoms with Gasteiger partial charge in [0, 0.05) is 27.6 Å². The van der Waals surface area contributed by atoms with E-state index >= 15 is 0 Å². The van der Waals surface area contributed by atoms with Gasteiger partial charge in [-0.15, -0.1) is 0 Å². The maximum absolute atomic E-state index is 12.4. The Hall–Kier alpha value is -0.620. The van der Waals surface area contributed by atoms with Crippen LogP contribution in [0, 0.1) is 18.4 Å². The first kappa shape index (κ1) is 15.8. The van der Waals surface area contributed by atoms with Gasteiger partial charge in [-0.05, 0) is 47.5 Å². The molecule has 1 aromatic rings. The average molecular weight is 422 g/mol. The van der Waals surface area contributed by atoms with E-state index in [1.54, 1.807) is 12.1 Å². The minimum absolute atomic E-state index is 0.169. The van der Waals surface area contributed by atoms with Crippen LogP contribution in [0.3, 0.4) is 0 Å². The highest BCUT2D eigenvalue weighted by Crippen LogP contribution is 2.26. The van der Waals surface area contributed by atoms with E-state index in [0.29, 0.717) is 21.9 Å². The molecule has 1 aliphatic heterocycles. The molecule has 0 unspecified atom stereocenters. The standard InChI is InChI=1S/C12H12Br2N3O2S/c1-8-4-10(6-17(8)7-15)16-20(18,19)12-5-9(13)2-3-11(12)14/h2-3,5,8,10,16H,1,4,6H2/t8-,10-/m1/s1. The maximum atomic E-state index is 12.4. The zero-order valence-corrected chi connectivity index (χ0v) is 14.4. The minimum Gasteiger partial charge on any atom is -0.306 e. The van der Waals surface area contributed by atoms with E-state index in [2.05, 4.69) is 43.5 Å². The first-order valence-electron chi connectivity index (χ1n) is 5.80. The third-order valence-corrected chi connectivity index (χ3v) is 6.06. The largest absolute Gasteiger partial charge is 0.306 e. The van der Waals surface area contributed by atoms with Crippen molar-refractivity contribution in [3.05, 3.63) is 34.1 Å². The Morgan fingerprint density at radius 2 is 2.15 bits per heavy atom. The van der Waals surface area contributed by atoms with Gasteiger partial charge in [0.05, 0.1) is 4.90 Å². The molecule has 1 N–H and O–H groups in total. The Labute approximate surface area is 135 Å². The fourth-order valence-corrected chi connectivity index (χ4v) is 4.83. The van der Waals surface area contributed by atoms with Gasteiger partial charge in [-0.25, -0.2) is 13.1 Å². The Bertz CT molecular complexity index is 657. The molecule has 1 radical (unpaired) electrons. The van der Waals surface area contributed by atoms with Gasteiger partial charge in [0.25, 0.3) is 0 Å². The predicted molar refractivity (Wildman–Crippen MR) is 82.0 cm³/mol. The number of nitrogens with one attached hydrogen (secondary N) is 1. The third kappa shape index (κ3) is 3.34. The van der Waals surface area contributed by atoms with Gasteiger partial charge in [-0.2, -0.15) is 5.26 Å². The average Bonchev–Trinajstić information content (AvgIpc) is 2.71. The molecule has 0 bridgehead atoms. The van der Waals surface area contributed by atoms with Crippen molar-refractivity contribution in [1.82, 2.24) is 9.62 Å². The first-order chi connectivity index (χ1) is 9.33. The molecule has 0 saturated carbocycles. The van der Waals surface area contributed by atoms with Crippen LogP contribution in [0.25, 0.3) is 0 Å². The lowest BCUT2D eigenvalue weighted by Gasteiger charge is -2.14. The van der Waals surface area contributed by atoms with Gasteiger partial charge in [-0.3, -0.25) is 0 Å². The number of halogens is 2. The van der Waals surface area contributed by atoms with Crippen LogP contribution in [-0.4, -0.2) is 31.9 Å². The number of hydrogen-bond donors (Lipinski definition) is 1. The molecule has 0 spiro atoms. The molecule has 107 valence electrons. The third-order valence-electron chi connectivity index (χ3n) is 3.05. The van der Waals surface area contributed by atoms with Crippen molar-refractivity contribution in [2.45, 2.75) is 23.4 Å². The Morgan fingerprint density at radius 1 is 1.45 bits per heavy atom. The van der Waals surface area contributed by atoms with Crippen LogP contribution < -0.4 is 4.72 Å². The molecular formula is C12H12Br2N3O2S. The molecule has 1 aromatic carbocycles. The van der Waals surface area contributed by atoms with E-state index in [9.17, 15) is 8.42 Å². The Morgan fingerprint density at radius 3 is 2.75 bits per heavy atom. The lowest BCUT2D eigenvalue weighted by atomic mass is 10.2. The molecule has 2 rings (SSSR count). The second-order valence-corrected chi connectivity index (χ2v) is 7.99. The quantitative estimate of drug-likeness (QED) is 0.759. The summed E-state index contributed by atoms with van der Waals surface area (Å²) >= 11 is 6.50. The van der Waals surface area contributed by atoms with Crippen molar-refractivity contribution in [3.63, 3.8) is 0 Å². The van der Waals surface area contributed by atoms with Gasteiger partial charge in [0.1, 0.15) is 0 Å². The van der Waals surface area contributed by atoms with Crippen LogP contribution in [0.15, 0.2) is 32.0 Å². The molecule has 1 saturated heterocycles.